The lowest BCUT2D eigenvalue weighted by atomic mass is 9.42. The number of hydrogen-bond acceptors (Lipinski definition) is 10. The minimum Gasteiger partial charge on any atom is -0.392 e. The first kappa shape index (κ1) is 24.9. The Morgan fingerprint density at radius 1 is 0.943 bits per heavy atom. The SMILES string of the molecule is CCN1C[C@]2(COC)[C@H](O)C[C@H](OC)[C@@]34[C@@H]5C[C@@]6(O)[C@H](O)[C@@H]5[C@@](O)([C@@H]([C@H](OC)[C@@H]23)[C@H]14)[C@@H](O)[C@@H]6OC. The number of rotatable bonds is 6. The standard InChI is InChI=1S/C25H41NO9/c1-6-26-9-22(10-32-2)12(27)7-13(33-3)24-11-8-23(30)19(28)14(11)25(31,20(29)21(23)35-5)15(18(24)26)16(34-4)17(22)24/h11-21,27-31H,6-10H2,1-5H3/t11-,12-,13+,14-,15+,16+,17+,18+,19-,20+,21+,22+,23-,24+,25-/m1/s1. The summed E-state index contributed by atoms with van der Waals surface area (Å²) < 4.78 is 23.7. The van der Waals surface area contributed by atoms with Gasteiger partial charge in [0.25, 0.3) is 0 Å². The maximum Gasteiger partial charge on any atom is 0.120 e. The average molecular weight is 500 g/mol. The normalized spacial score (nSPS) is 62.4. The van der Waals surface area contributed by atoms with Gasteiger partial charge in [0.05, 0.1) is 31.0 Å². The van der Waals surface area contributed by atoms with Gasteiger partial charge in [-0.25, -0.2) is 0 Å². The topological polar surface area (TPSA) is 141 Å². The predicted octanol–water partition coefficient (Wildman–Crippen LogP) is -1.79. The summed E-state index contributed by atoms with van der Waals surface area (Å²) in [6, 6.07) is -0.240. The van der Waals surface area contributed by atoms with Crippen LogP contribution in [0.5, 0.6) is 0 Å². The molecule has 1 saturated heterocycles. The number of nitrogens with zero attached hydrogens (tertiary/aromatic N) is 1. The molecule has 5 N–H and O–H groups in total. The Balaban J connectivity index is 1.68. The van der Waals surface area contributed by atoms with Crippen LogP contribution in [0, 0.1) is 34.5 Å². The second-order valence-corrected chi connectivity index (χ2v) is 12.1. The number of aliphatic hydroxyl groups excluding tert-OH is 3. The van der Waals surface area contributed by atoms with E-state index in [9.17, 15) is 25.5 Å². The summed E-state index contributed by atoms with van der Waals surface area (Å²) in [6.45, 7) is 3.58. The zero-order valence-corrected chi connectivity index (χ0v) is 21.2. The predicted molar refractivity (Wildman–Crippen MR) is 121 cm³/mol. The molecule has 10 nitrogen and oxygen atoms in total. The maximum absolute atomic E-state index is 12.6. The molecular weight excluding hydrogens is 458 g/mol. The van der Waals surface area contributed by atoms with E-state index in [1.54, 1.807) is 21.3 Å². The fourth-order valence-electron chi connectivity index (χ4n) is 11.0. The van der Waals surface area contributed by atoms with Crippen molar-refractivity contribution in [3.8, 4) is 0 Å². The van der Waals surface area contributed by atoms with Gasteiger partial charge in [0.15, 0.2) is 0 Å². The van der Waals surface area contributed by atoms with E-state index < -0.39 is 76.4 Å². The van der Waals surface area contributed by atoms with Gasteiger partial charge in [-0.05, 0) is 18.9 Å². The molecule has 0 aromatic carbocycles. The molecule has 10 heteroatoms. The second kappa shape index (κ2) is 7.59. The van der Waals surface area contributed by atoms with E-state index in [0.717, 1.165) is 0 Å². The van der Waals surface area contributed by atoms with Crippen LogP contribution >= 0.6 is 0 Å². The zero-order chi connectivity index (χ0) is 25.3. The molecule has 200 valence electrons. The Bertz CT molecular complexity index is 878. The zero-order valence-electron chi connectivity index (χ0n) is 21.2. The van der Waals surface area contributed by atoms with Gasteiger partial charge in [-0.2, -0.15) is 0 Å². The summed E-state index contributed by atoms with van der Waals surface area (Å²) >= 11 is 0. The van der Waals surface area contributed by atoms with Crippen molar-refractivity contribution in [1.29, 1.82) is 0 Å². The van der Waals surface area contributed by atoms with Crippen LogP contribution < -0.4 is 0 Å². The van der Waals surface area contributed by atoms with Gasteiger partial charge in [-0.1, -0.05) is 6.92 Å². The number of hydrogen-bond donors (Lipinski definition) is 5. The van der Waals surface area contributed by atoms with Crippen molar-refractivity contribution in [2.45, 2.75) is 73.6 Å². The summed E-state index contributed by atoms with van der Waals surface area (Å²) in [5.74, 6) is -2.04. The van der Waals surface area contributed by atoms with Crippen molar-refractivity contribution in [3.63, 3.8) is 0 Å². The van der Waals surface area contributed by atoms with Crippen LogP contribution in [0.4, 0.5) is 0 Å². The van der Waals surface area contributed by atoms with E-state index in [1.165, 1.54) is 7.11 Å². The highest BCUT2D eigenvalue weighted by Gasteiger charge is 2.90. The van der Waals surface area contributed by atoms with Gasteiger partial charge in [-0.3, -0.25) is 4.90 Å². The third-order valence-electron chi connectivity index (χ3n) is 11.7. The minimum absolute atomic E-state index is 0.156. The molecule has 5 aliphatic carbocycles. The summed E-state index contributed by atoms with van der Waals surface area (Å²) in [5.41, 5.74) is -4.81. The first-order valence-corrected chi connectivity index (χ1v) is 12.9. The van der Waals surface area contributed by atoms with E-state index in [2.05, 4.69) is 11.8 Å². The third kappa shape index (κ3) is 2.35. The lowest BCUT2D eigenvalue weighted by Crippen LogP contribution is -2.81. The van der Waals surface area contributed by atoms with Crippen LogP contribution in [-0.4, -0.2) is 132 Å². The highest BCUT2D eigenvalue weighted by atomic mass is 16.5. The second-order valence-electron chi connectivity index (χ2n) is 12.1. The van der Waals surface area contributed by atoms with Crippen molar-refractivity contribution in [1.82, 2.24) is 4.90 Å². The quantitative estimate of drug-likeness (QED) is 0.285. The fourth-order valence-corrected chi connectivity index (χ4v) is 11.0. The lowest BCUT2D eigenvalue weighted by molar-refractivity contribution is -0.320. The molecule has 0 aromatic heterocycles. The molecule has 0 radical (unpaired) electrons. The Kier molecular flexibility index (Phi) is 5.40. The van der Waals surface area contributed by atoms with E-state index in [-0.39, 0.29) is 18.4 Å². The van der Waals surface area contributed by atoms with Crippen LogP contribution in [0.1, 0.15) is 19.8 Å². The first-order valence-electron chi connectivity index (χ1n) is 12.9. The van der Waals surface area contributed by atoms with E-state index in [0.29, 0.717) is 26.1 Å². The number of piperidine rings is 1. The molecule has 1 aliphatic heterocycles. The number of methoxy groups -OCH3 is 4. The van der Waals surface area contributed by atoms with E-state index in [1.807, 2.05) is 0 Å². The molecule has 7 bridgehead atoms. The van der Waals surface area contributed by atoms with Crippen LogP contribution in [-0.2, 0) is 18.9 Å². The minimum atomic E-state index is -1.76. The summed E-state index contributed by atoms with van der Waals surface area (Å²) in [5, 5.41) is 59.3. The lowest BCUT2D eigenvalue weighted by Gasteiger charge is -2.70. The molecule has 35 heavy (non-hydrogen) atoms. The summed E-state index contributed by atoms with van der Waals surface area (Å²) in [7, 11) is 6.29. The van der Waals surface area contributed by atoms with Gasteiger partial charge in [-0.15, -0.1) is 0 Å². The summed E-state index contributed by atoms with van der Waals surface area (Å²) in [4.78, 5) is 2.29. The highest BCUT2D eigenvalue weighted by Crippen LogP contribution is 2.79. The molecule has 0 amide bonds. The molecule has 6 fully saturated rings. The van der Waals surface area contributed by atoms with Crippen molar-refractivity contribution in [2.75, 3.05) is 48.1 Å². The number of ether oxygens (including phenoxy) is 4. The van der Waals surface area contributed by atoms with Crippen LogP contribution in [0.25, 0.3) is 0 Å². The van der Waals surface area contributed by atoms with Crippen molar-refractivity contribution in [2.24, 2.45) is 34.5 Å². The van der Waals surface area contributed by atoms with E-state index in [4.69, 9.17) is 18.9 Å². The molecule has 5 saturated carbocycles. The van der Waals surface area contributed by atoms with Gasteiger partial charge >= 0.3 is 0 Å². The van der Waals surface area contributed by atoms with E-state index >= 15 is 0 Å². The Morgan fingerprint density at radius 2 is 1.66 bits per heavy atom. The third-order valence-corrected chi connectivity index (χ3v) is 11.7. The van der Waals surface area contributed by atoms with Gasteiger partial charge in [0.2, 0.25) is 0 Å². The molecule has 6 aliphatic rings. The monoisotopic (exact) mass is 499 g/mol. The van der Waals surface area contributed by atoms with Gasteiger partial charge in [0, 0.05) is 76.0 Å². The smallest absolute Gasteiger partial charge is 0.120 e. The van der Waals surface area contributed by atoms with Gasteiger partial charge in [0.1, 0.15) is 23.4 Å². The molecule has 6 rings (SSSR count). The first-order chi connectivity index (χ1) is 16.6. The number of aliphatic hydroxyl groups is 5. The summed E-state index contributed by atoms with van der Waals surface area (Å²) in [6.07, 6.45) is -4.95. The van der Waals surface area contributed by atoms with Crippen LogP contribution in [0.15, 0.2) is 0 Å². The Hall–Kier alpha value is -0.400. The molecule has 0 aromatic rings. The fraction of sp³-hybridized carbons (Fsp3) is 1.00. The average Bonchev–Trinajstić information content (AvgIpc) is 3.19. The largest absolute Gasteiger partial charge is 0.392 e. The van der Waals surface area contributed by atoms with Crippen molar-refractivity contribution >= 4 is 0 Å². The molecular formula is C25H41NO9. The van der Waals surface area contributed by atoms with Crippen molar-refractivity contribution < 1.29 is 44.5 Å². The molecule has 1 heterocycles. The van der Waals surface area contributed by atoms with Gasteiger partial charge < -0.3 is 44.5 Å². The maximum atomic E-state index is 12.6. The number of fused-ring (bicyclic) bond motifs is 2. The Labute approximate surface area is 206 Å². The molecule has 15 atom stereocenters. The van der Waals surface area contributed by atoms with Crippen LogP contribution in [0.3, 0.4) is 0 Å². The highest BCUT2D eigenvalue weighted by molar-refractivity contribution is 5.39. The van der Waals surface area contributed by atoms with Crippen LogP contribution in [0.2, 0.25) is 0 Å². The Morgan fingerprint density at radius 3 is 2.23 bits per heavy atom. The van der Waals surface area contributed by atoms with Crippen molar-refractivity contribution in [3.05, 3.63) is 0 Å². The number of likely N-dealkylation sites (tertiary alicyclic amines) is 1. The molecule has 0 unspecified atom stereocenters. The molecule has 1 spiro atoms.